The molecule has 0 spiro atoms. The van der Waals surface area contributed by atoms with Crippen molar-refractivity contribution in [2.45, 2.75) is 44.2 Å². The normalized spacial score (nSPS) is 24.8. The first-order valence-corrected chi connectivity index (χ1v) is 9.58. The fraction of sp³-hybridized carbons (Fsp3) is 0.556. The fourth-order valence-corrected chi connectivity index (χ4v) is 4.74. The number of hydrogen-bond acceptors (Lipinski definition) is 5. The summed E-state index contributed by atoms with van der Waals surface area (Å²) >= 11 is 1.59. The molecule has 2 aliphatic rings. The summed E-state index contributed by atoms with van der Waals surface area (Å²) in [6, 6.07) is 4.85. The molecule has 0 bridgehead atoms. The van der Waals surface area contributed by atoms with Crippen LogP contribution in [0.3, 0.4) is 0 Å². The Morgan fingerprint density at radius 1 is 1.33 bits per heavy atom. The third-order valence-electron chi connectivity index (χ3n) is 5.26. The van der Waals surface area contributed by atoms with Gasteiger partial charge in [0.2, 0.25) is 11.8 Å². The lowest BCUT2D eigenvalue weighted by Crippen LogP contribution is -2.47. The minimum absolute atomic E-state index is 0.184. The van der Waals surface area contributed by atoms with Crippen LogP contribution < -0.4 is 0 Å². The van der Waals surface area contributed by atoms with Gasteiger partial charge in [0.05, 0.1) is 17.0 Å². The van der Waals surface area contributed by atoms with Gasteiger partial charge in [0.1, 0.15) is 6.26 Å². The summed E-state index contributed by atoms with van der Waals surface area (Å²) in [7, 11) is 2.18. The SMILES string of the molecule is CN1CCCC1C1CCCN1C(=O)Cc1coc(-c2cccs2)n1. The molecule has 2 unspecified atom stereocenters. The monoisotopic (exact) mass is 345 g/mol. The number of thiophene rings is 1. The maximum atomic E-state index is 12.8. The smallest absolute Gasteiger partial charge is 0.236 e. The van der Waals surface area contributed by atoms with Gasteiger partial charge in [-0.25, -0.2) is 4.98 Å². The number of likely N-dealkylation sites (N-methyl/N-ethyl adjacent to an activating group) is 1. The van der Waals surface area contributed by atoms with Crippen molar-refractivity contribution in [3.8, 4) is 10.8 Å². The second-order valence-corrected chi connectivity index (χ2v) is 7.73. The molecule has 4 heterocycles. The average molecular weight is 345 g/mol. The van der Waals surface area contributed by atoms with Gasteiger partial charge in [-0.1, -0.05) is 6.07 Å². The molecule has 1 amide bonds. The maximum absolute atomic E-state index is 12.8. The van der Waals surface area contributed by atoms with E-state index >= 15 is 0 Å². The molecule has 2 aromatic rings. The van der Waals surface area contributed by atoms with Crippen LogP contribution in [0.2, 0.25) is 0 Å². The van der Waals surface area contributed by atoms with Crippen molar-refractivity contribution in [2.24, 2.45) is 0 Å². The molecule has 2 atom stereocenters. The van der Waals surface area contributed by atoms with Crippen molar-refractivity contribution < 1.29 is 9.21 Å². The van der Waals surface area contributed by atoms with Crippen LogP contribution in [0.1, 0.15) is 31.4 Å². The van der Waals surface area contributed by atoms with E-state index < -0.39 is 0 Å². The first-order chi connectivity index (χ1) is 11.7. The van der Waals surface area contributed by atoms with Crippen LogP contribution >= 0.6 is 11.3 Å². The predicted molar refractivity (Wildman–Crippen MR) is 93.9 cm³/mol. The van der Waals surface area contributed by atoms with Gasteiger partial charge in [0, 0.05) is 18.6 Å². The van der Waals surface area contributed by atoms with Gasteiger partial charge in [-0.2, -0.15) is 0 Å². The zero-order valence-corrected chi connectivity index (χ0v) is 14.8. The molecule has 0 saturated carbocycles. The standard InChI is InChI=1S/C18H23N3O2S/c1-20-8-2-5-14(20)15-6-3-9-21(15)17(22)11-13-12-23-18(19-13)16-7-4-10-24-16/h4,7,10,12,14-15H,2-3,5-6,8-9,11H2,1H3. The number of oxazole rings is 1. The molecular formula is C18H23N3O2S. The third kappa shape index (κ3) is 3.00. The minimum Gasteiger partial charge on any atom is -0.444 e. The van der Waals surface area contributed by atoms with E-state index in [1.54, 1.807) is 17.6 Å². The van der Waals surface area contributed by atoms with Gasteiger partial charge in [0.15, 0.2) is 0 Å². The van der Waals surface area contributed by atoms with E-state index in [1.165, 1.54) is 12.8 Å². The van der Waals surface area contributed by atoms with Crippen LogP contribution in [0.4, 0.5) is 0 Å². The summed E-state index contributed by atoms with van der Waals surface area (Å²) in [5.74, 6) is 0.796. The highest BCUT2D eigenvalue weighted by Crippen LogP contribution is 2.30. The largest absolute Gasteiger partial charge is 0.444 e. The number of rotatable bonds is 4. The summed E-state index contributed by atoms with van der Waals surface area (Å²) in [6.45, 7) is 2.03. The molecule has 6 heteroatoms. The molecule has 0 aromatic carbocycles. The molecule has 2 aromatic heterocycles. The van der Waals surface area contributed by atoms with Gasteiger partial charge in [-0.3, -0.25) is 4.79 Å². The van der Waals surface area contributed by atoms with Crippen molar-refractivity contribution in [1.82, 2.24) is 14.8 Å². The second-order valence-electron chi connectivity index (χ2n) is 6.78. The summed E-state index contributed by atoms with van der Waals surface area (Å²) in [5.41, 5.74) is 0.730. The molecule has 0 N–H and O–H groups in total. The Hall–Kier alpha value is -1.66. The van der Waals surface area contributed by atoms with E-state index in [2.05, 4.69) is 21.8 Å². The van der Waals surface area contributed by atoms with E-state index in [0.717, 1.165) is 36.5 Å². The minimum atomic E-state index is 0.184. The topological polar surface area (TPSA) is 49.6 Å². The van der Waals surface area contributed by atoms with E-state index in [0.29, 0.717) is 24.4 Å². The van der Waals surface area contributed by atoms with Gasteiger partial charge < -0.3 is 14.2 Å². The average Bonchev–Trinajstić information content (AvgIpc) is 3.34. The summed E-state index contributed by atoms with van der Waals surface area (Å²) < 4.78 is 5.54. The van der Waals surface area contributed by atoms with Crippen LogP contribution in [0.25, 0.3) is 10.8 Å². The van der Waals surface area contributed by atoms with Crippen molar-refractivity contribution in [3.63, 3.8) is 0 Å². The Kier molecular flexibility index (Phi) is 4.41. The van der Waals surface area contributed by atoms with Crippen molar-refractivity contribution in [2.75, 3.05) is 20.1 Å². The molecule has 24 heavy (non-hydrogen) atoms. The van der Waals surface area contributed by atoms with Crippen LogP contribution in [-0.2, 0) is 11.2 Å². The number of carbonyl (C=O) groups excluding carboxylic acids is 1. The molecule has 2 fully saturated rings. The van der Waals surface area contributed by atoms with E-state index in [-0.39, 0.29) is 5.91 Å². The highest BCUT2D eigenvalue weighted by Gasteiger charge is 2.38. The number of likely N-dealkylation sites (tertiary alicyclic amines) is 2. The molecule has 0 aliphatic carbocycles. The zero-order valence-electron chi connectivity index (χ0n) is 14.0. The lowest BCUT2D eigenvalue weighted by molar-refractivity contribution is -0.132. The summed E-state index contributed by atoms with van der Waals surface area (Å²) in [6.07, 6.45) is 6.64. The number of carbonyl (C=O) groups is 1. The fourth-order valence-electron chi connectivity index (χ4n) is 4.08. The lowest BCUT2D eigenvalue weighted by atomic mass is 10.0. The first-order valence-electron chi connectivity index (χ1n) is 8.70. The third-order valence-corrected chi connectivity index (χ3v) is 6.11. The maximum Gasteiger partial charge on any atom is 0.236 e. The molecule has 0 radical (unpaired) electrons. The highest BCUT2D eigenvalue weighted by atomic mass is 32.1. The first kappa shape index (κ1) is 15.8. The Bertz CT molecular complexity index is 697. The molecule has 5 nitrogen and oxygen atoms in total. The van der Waals surface area contributed by atoms with Crippen molar-refractivity contribution in [1.29, 1.82) is 0 Å². The summed E-state index contributed by atoms with van der Waals surface area (Å²) in [4.78, 5) is 22.8. The Balaban J connectivity index is 1.44. The molecule has 128 valence electrons. The van der Waals surface area contributed by atoms with Gasteiger partial charge in [0.25, 0.3) is 0 Å². The van der Waals surface area contributed by atoms with Crippen LogP contribution in [-0.4, -0.2) is 52.9 Å². The lowest BCUT2D eigenvalue weighted by Gasteiger charge is -2.33. The second kappa shape index (κ2) is 6.69. The Labute approximate surface area is 146 Å². The number of nitrogens with zero attached hydrogens (tertiary/aromatic N) is 3. The Morgan fingerprint density at radius 3 is 2.92 bits per heavy atom. The van der Waals surface area contributed by atoms with Gasteiger partial charge >= 0.3 is 0 Å². The summed E-state index contributed by atoms with van der Waals surface area (Å²) in [5, 5.41) is 2.00. The molecular weight excluding hydrogens is 322 g/mol. The van der Waals surface area contributed by atoms with Crippen molar-refractivity contribution >= 4 is 17.2 Å². The van der Waals surface area contributed by atoms with E-state index in [4.69, 9.17) is 4.42 Å². The predicted octanol–water partition coefficient (Wildman–Crippen LogP) is 3.03. The van der Waals surface area contributed by atoms with Gasteiger partial charge in [-0.15, -0.1) is 11.3 Å². The van der Waals surface area contributed by atoms with Gasteiger partial charge in [-0.05, 0) is 50.7 Å². The number of amides is 1. The Morgan fingerprint density at radius 2 is 2.17 bits per heavy atom. The molecule has 2 aliphatic heterocycles. The zero-order chi connectivity index (χ0) is 16.5. The van der Waals surface area contributed by atoms with E-state index in [9.17, 15) is 4.79 Å². The highest BCUT2D eigenvalue weighted by molar-refractivity contribution is 7.13. The number of aromatic nitrogens is 1. The van der Waals surface area contributed by atoms with Crippen LogP contribution in [0.5, 0.6) is 0 Å². The quantitative estimate of drug-likeness (QED) is 0.855. The van der Waals surface area contributed by atoms with Crippen LogP contribution in [0, 0.1) is 0 Å². The van der Waals surface area contributed by atoms with Crippen molar-refractivity contribution in [3.05, 3.63) is 29.5 Å². The number of hydrogen-bond donors (Lipinski definition) is 0. The van der Waals surface area contributed by atoms with Crippen LogP contribution in [0.15, 0.2) is 28.2 Å². The molecule has 2 saturated heterocycles. The van der Waals surface area contributed by atoms with E-state index in [1.807, 2.05) is 17.5 Å². The molecule has 4 rings (SSSR count).